The number of imidazole rings is 1. The maximum absolute atomic E-state index is 11.9. The monoisotopic (exact) mass is 531 g/mol. The van der Waals surface area contributed by atoms with Crippen molar-refractivity contribution in [1.82, 2.24) is 29.4 Å². The molecule has 9 heteroatoms. The molecule has 0 aliphatic carbocycles. The summed E-state index contributed by atoms with van der Waals surface area (Å²) in [4.78, 5) is 31.8. The summed E-state index contributed by atoms with van der Waals surface area (Å²) in [7, 11) is 1.97. The Morgan fingerprint density at radius 2 is 2.00 bits per heavy atom. The Morgan fingerprint density at radius 1 is 1.10 bits per heavy atom. The molecule has 1 unspecified atom stereocenters. The number of pyridine rings is 1. The van der Waals surface area contributed by atoms with Crippen LogP contribution in [-0.4, -0.2) is 48.4 Å². The highest BCUT2D eigenvalue weighted by atomic mass is 16.5. The van der Waals surface area contributed by atoms with Crippen molar-refractivity contribution in [1.29, 1.82) is 0 Å². The molecule has 200 valence electrons. The minimum Gasteiger partial charge on any atom is -0.457 e. The zero-order valence-corrected chi connectivity index (χ0v) is 22.4. The number of anilines is 2. The van der Waals surface area contributed by atoms with E-state index in [0.29, 0.717) is 23.8 Å². The van der Waals surface area contributed by atoms with E-state index in [1.807, 2.05) is 78.0 Å². The second kappa shape index (κ2) is 10.6. The van der Waals surface area contributed by atoms with Crippen LogP contribution in [0.4, 0.5) is 11.5 Å². The number of ether oxygens (including phenoxy) is 1. The van der Waals surface area contributed by atoms with E-state index in [0.717, 1.165) is 58.0 Å². The van der Waals surface area contributed by atoms with Gasteiger partial charge in [0, 0.05) is 31.9 Å². The van der Waals surface area contributed by atoms with Crippen LogP contribution in [0.25, 0.3) is 28.1 Å². The third-order valence-electron chi connectivity index (χ3n) is 7.12. The minimum absolute atomic E-state index is 0.0200. The van der Waals surface area contributed by atoms with Gasteiger partial charge in [-0.1, -0.05) is 12.7 Å². The van der Waals surface area contributed by atoms with Crippen LogP contribution in [0.15, 0.2) is 79.9 Å². The third-order valence-corrected chi connectivity index (χ3v) is 7.12. The number of aryl methyl sites for hydroxylation is 2. The highest BCUT2D eigenvalue weighted by Gasteiger charge is 2.22. The van der Waals surface area contributed by atoms with Crippen LogP contribution < -0.4 is 10.1 Å². The maximum Gasteiger partial charge on any atom is 0.245 e. The molecule has 40 heavy (non-hydrogen) atoms. The van der Waals surface area contributed by atoms with Gasteiger partial charge in [-0.05, 0) is 79.4 Å². The third kappa shape index (κ3) is 5.13. The molecule has 1 N–H and O–H groups in total. The number of nitrogens with zero attached hydrogens (tertiary/aromatic N) is 6. The van der Waals surface area contributed by atoms with Gasteiger partial charge in [0.05, 0.1) is 28.6 Å². The lowest BCUT2D eigenvalue weighted by molar-refractivity contribution is -0.125. The fourth-order valence-corrected chi connectivity index (χ4v) is 4.93. The highest BCUT2D eigenvalue weighted by Crippen LogP contribution is 2.31. The lowest BCUT2D eigenvalue weighted by atomic mass is 10.1. The summed E-state index contributed by atoms with van der Waals surface area (Å²) >= 11 is 0. The molecular formula is C31H29N7O2. The van der Waals surface area contributed by atoms with Crippen molar-refractivity contribution in [3.63, 3.8) is 0 Å². The molecule has 9 nitrogen and oxygen atoms in total. The number of benzene rings is 2. The van der Waals surface area contributed by atoms with Gasteiger partial charge in [-0.25, -0.2) is 19.9 Å². The summed E-state index contributed by atoms with van der Waals surface area (Å²) in [6, 6.07) is 15.7. The summed E-state index contributed by atoms with van der Waals surface area (Å²) in [6.07, 6.45) is 9.74. The number of nitrogens with one attached hydrogen (secondary N) is 1. The molecule has 1 saturated heterocycles. The van der Waals surface area contributed by atoms with Gasteiger partial charge in [-0.15, -0.1) is 0 Å². The second-order valence-corrected chi connectivity index (χ2v) is 9.94. The molecule has 4 heterocycles. The van der Waals surface area contributed by atoms with Gasteiger partial charge in [0.2, 0.25) is 5.91 Å². The lowest BCUT2D eigenvalue weighted by Crippen LogP contribution is -2.26. The number of fused-ring (bicyclic) bond motifs is 2. The first-order valence-electron chi connectivity index (χ1n) is 13.1. The van der Waals surface area contributed by atoms with Crippen LogP contribution in [-0.2, 0) is 11.8 Å². The summed E-state index contributed by atoms with van der Waals surface area (Å²) in [5.74, 6) is 2.39. The second-order valence-electron chi connectivity index (χ2n) is 9.94. The van der Waals surface area contributed by atoms with Gasteiger partial charge in [0.1, 0.15) is 23.3 Å². The van der Waals surface area contributed by atoms with Crippen molar-refractivity contribution >= 4 is 45.6 Å². The number of carbonyl (C=O) groups is 1. The first-order chi connectivity index (χ1) is 19.5. The lowest BCUT2D eigenvalue weighted by Gasteiger charge is -2.13. The van der Waals surface area contributed by atoms with E-state index in [4.69, 9.17) is 9.72 Å². The SMILES string of the molecule is C=CC(=O)N1CCC(/C=C/c2ccc3ncnc(Nc4ccc(Oc5ccc6c(c5)ncn6C)c(C)c4)c3n2)C1. The molecule has 1 atom stereocenters. The van der Waals surface area contributed by atoms with Crippen molar-refractivity contribution in [3.8, 4) is 11.5 Å². The van der Waals surface area contributed by atoms with Crippen LogP contribution in [0.3, 0.4) is 0 Å². The normalized spacial score (nSPS) is 15.2. The van der Waals surface area contributed by atoms with E-state index < -0.39 is 0 Å². The Morgan fingerprint density at radius 3 is 2.85 bits per heavy atom. The minimum atomic E-state index is -0.0200. The average molecular weight is 532 g/mol. The topological polar surface area (TPSA) is 98.1 Å². The van der Waals surface area contributed by atoms with Gasteiger partial charge in [0.15, 0.2) is 5.82 Å². The Labute approximate surface area is 231 Å². The van der Waals surface area contributed by atoms with Gasteiger partial charge in [-0.3, -0.25) is 4.79 Å². The van der Waals surface area contributed by atoms with E-state index in [1.165, 1.54) is 12.4 Å². The predicted molar refractivity (Wildman–Crippen MR) is 157 cm³/mol. The number of likely N-dealkylation sites (tertiary alicyclic amines) is 1. The van der Waals surface area contributed by atoms with Gasteiger partial charge < -0.3 is 19.5 Å². The largest absolute Gasteiger partial charge is 0.457 e. The molecule has 1 amide bonds. The molecular weight excluding hydrogens is 502 g/mol. The molecule has 2 aromatic carbocycles. The smallest absolute Gasteiger partial charge is 0.245 e. The van der Waals surface area contributed by atoms with E-state index in [-0.39, 0.29) is 5.91 Å². The zero-order valence-electron chi connectivity index (χ0n) is 22.4. The highest BCUT2D eigenvalue weighted by molar-refractivity contribution is 5.88. The molecule has 0 spiro atoms. The number of amides is 1. The molecule has 3 aromatic heterocycles. The number of carbonyl (C=O) groups excluding carboxylic acids is 1. The van der Waals surface area contributed by atoms with Crippen LogP contribution in [0.1, 0.15) is 17.7 Å². The van der Waals surface area contributed by atoms with Crippen LogP contribution in [0, 0.1) is 12.8 Å². The average Bonchev–Trinajstić information content (AvgIpc) is 3.60. The zero-order chi connectivity index (χ0) is 27.6. The van der Waals surface area contributed by atoms with E-state index in [9.17, 15) is 4.79 Å². The van der Waals surface area contributed by atoms with Crippen molar-refractivity contribution < 1.29 is 9.53 Å². The molecule has 0 saturated carbocycles. The van der Waals surface area contributed by atoms with Gasteiger partial charge in [-0.2, -0.15) is 0 Å². The number of rotatable bonds is 7. The van der Waals surface area contributed by atoms with Crippen molar-refractivity contribution in [2.75, 3.05) is 18.4 Å². The predicted octanol–water partition coefficient (Wildman–Crippen LogP) is 5.80. The van der Waals surface area contributed by atoms with E-state index in [1.54, 1.807) is 6.33 Å². The molecule has 1 aliphatic heterocycles. The Hall–Kier alpha value is -5.05. The number of hydrogen-bond donors (Lipinski definition) is 1. The molecule has 1 aliphatic rings. The quantitative estimate of drug-likeness (QED) is 0.265. The van der Waals surface area contributed by atoms with Crippen molar-refractivity contribution in [3.05, 3.63) is 91.2 Å². The molecule has 5 aromatic rings. The van der Waals surface area contributed by atoms with Crippen LogP contribution in [0.5, 0.6) is 11.5 Å². The molecule has 6 rings (SSSR count). The molecule has 0 bridgehead atoms. The number of aromatic nitrogens is 5. The maximum atomic E-state index is 11.9. The molecule has 1 fully saturated rings. The van der Waals surface area contributed by atoms with E-state index >= 15 is 0 Å². The van der Waals surface area contributed by atoms with E-state index in [2.05, 4.69) is 32.9 Å². The fourth-order valence-electron chi connectivity index (χ4n) is 4.93. The fraction of sp³-hybridized carbons (Fsp3) is 0.194. The first-order valence-corrected chi connectivity index (χ1v) is 13.1. The summed E-state index contributed by atoms with van der Waals surface area (Å²) in [5.41, 5.74) is 6.02. The first kappa shape index (κ1) is 25.2. The number of hydrogen-bond acceptors (Lipinski definition) is 7. The summed E-state index contributed by atoms with van der Waals surface area (Å²) in [5, 5.41) is 3.40. The van der Waals surface area contributed by atoms with Crippen LogP contribution >= 0.6 is 0 Å². The van der Waals surface area contributed by atoms with Gasteiger partial charge in [0.25, 0.3) is 0 Å². The Balaban J connectivity index is 1.19. The summed E-state index contributed by atoms with van der Waals surface area (Å²) < 4.78 is 8.14. The molecule has 0 radical (unpaired) electrons. The van der Waals surface area contributed by atoms with Crippen molar-refractivity contribution in [2.45, 2.75) is 13.3 Å². The van der Waals surface area contributed by atoms with Crippen LogP contribution in [0.2, 0.25) is 0 Å². The Kier molecular flexibility index (Phi) is 6.69. The summed E-state index contributed by atoms with van der Waals surface area (Å²) in [6.45, 7) is 7.03. The Bertz CT molecular complexity index is 1770. The van der Waals surface area contributed by atoms with Crippen molar-refractivity contribution in [2.24, 2.45) is 13.0 Å². The van der Waals surface area contributed by atoms with Gasteiger partial charge >= 0.3 is 0 Å². The standard InChI is InChI=1S/C31H29N7O2/c1-4-29(39)38-14-13-21(17-38)5-6-22-7-10-25-30(35-22)31(33-18-32-25)36-23-8-12-28(20(2)15-23)40-24-9-11-27-26(16-24)34-19-37(27)3/h4-12,15-16,18-19,21H,1,13-14,17H2,2-3H3,(H,32,33,36)/b6-5+.